The van der Waals surface area contributed by atoms with Crippen LogP contribution in [0.4, 0.5) is 9.59 Å². The van der Waals surface area contributed by atoms with Crippen LogP contribution in [0.1, 0.15) is 128 Å². The second-order valence-electron chi connectivity index (χ2n) is 30.8. The van der Waals surface area contributed by atoms with Gasteiger partial charge in [0, 0.05) is 133 Å². The van der Waals surface area contributed by atoms with Crippen molar-refractivity contribution in [1.29, 1.82) is 0 Å². The number of fused-ring (bicyclic) bond motifs is 8. The number of nitrogens with zero attached hydrogens (tertiary/aromatic N) is 4. The number of rotatable bonds is 31. The molecule has 9 rings (SSSR count). The van der Waals surface area contributed by atoms with Gasteiger partial charge in [-0.25, -0.2) is 9.59 Å². The molecule has 7 heterocycles. The summed E-state index contributed by atoms with van der Waals surface area (Å²) in [5.41, 5.74) is 8.87. The molecule has 14 atom stereocenters. The first-order valence-electron chi connectivity index (χ1n) is 38.9. The third-order valence-corrected chi connectivity index (χ3v) is 23.3. The van der Waals surface area contributed by atoms with Gasteiger partial charge in [-0.3, -0.25) is 81.0 Å². The first-order valence-corrected chi connectivity index (χ1v) is 40.2. The standard InChI is InChI=1S/C78H106N14O23S/c1-8-42(4)67-71(107)83-35-63(101)84-56-40-116(113)72-53-28-46(69(105)82-36-64(102)87-67)29-59(98)68(43(5)60(99)38-93)88-74(109)78(115-50-19-20-51(53)55(34-50)86-72,61-33-49(95)37-92(61)73(108)47(30-58(56)97)31-62(79)100)75(110)89(6)25-26-90(7)77(112)114-39-45-17-15-44(16-18-45)27-57(96)54(14-12-23-81-76(80)111)85-70(106)52(41(2)3)32-48(94)13-10-9-11-24-91-65(103)21-22-66(91)104/h15-22,34,41-43,46-47,49,52,54,56,60-61,67-68,86,93,95,99H,8-14,23-33,35-40H2,1-7H3,(H2,79,100)(H,82,105)(H,83,107)(H,84,101)(H,85,106)(H,87,102)(H,88,109)(H3,80,81,111)/t42-,43-,46-,47-,49+,52-,54-,56-,60-,61-,67-,68-,78?,116?/m0/s1. The number of nitrogens with two attached hydrogens (primary N) is 2. The van der Waals surface area contributed by atoms with Crippen LogP contribution in [0, 0.1) is 35.5 Å². The number of carbonyl (C=O) groups is 17. The van der Waals surface area contributed by atoms with Gasteiger partial charge < -0.3 is 93.2 Å². The minimum absolute atomic E-state index is 0.0415. The molecule has 116 heavy (non-hydrogen) atoms. The SMILES string of the molecule is CC[C@H](C)[C@@H]1NC(=O)CNC(=O)[C@@H]2CC(=O)[C@H]([C@@H](C)[C@@H](O)CO)NC(=O)C3(C(=O)N(C)CCN(C)C(=O)OCc4ccc(CC(=O)[C@H](CCCNC(N)=O)NC(=O)[C@@H](CC(=O)CCCCCN5C(=O)C=CC5=O)C(C)C)cc4)Oc4ccc5c(c([nH]c5c4)S(=O)C[C@H](NC(=O)CNC1=O)C(=O)C[C@@H](CC(N)=O)C(=O)N1C[C@H](O)C[C@H]13)C2. The Morgan fingerprint density at radius 1 is 0.793 bits per heavy atom. The molecule has 1 aromatic heterocycles. The number of hydrogen-bond acceptors (Lipinski definition) is 23. The number of hydrogen-bond donors (Lipinski definition) is 13. The van der Waals surface area contributed by atoms with E-state index >= 15 is 28.2 Å². The van der Waals surface area contributed by atoms with Gasteiger partial charge in [0.15, 0.2) is 17.3 Å². The average Bonchev–Trinajstić information content (AvgIpc) is 1.27. The Bertz CT molecular complexity index is 4280. The third kappa shape index (κ3) is 23.2. The highest BCUT2D eigenvalue weighted by atomic mass is 32.2. The molecule has 2 aromatic carbocycles. The first-order chi connectivity index (χ1) is 54.9. The van der Waals surface area contributed by atoms with Crippen molar-refractivity contribution in [3.05, 3.63) is 71.3 Å². The van der Waals surface area contributed by atoms with Crippen molar-refractivity contribution in [2.24, 2.45) is 47.0 Å². The predicted octanol–water partition coefficient (Wildman–Crippen LogP) is -1.82. The third-order valence-electron chi connectivity index (χ3n) is 21.9. The quantitative estimate of drug-likeness (QED) is 0.0192. The fraction of sp³-hybridized carbons (Fsp3) is 0.577. The number of aromatic amines is 1. The molecule has 14 amide bonds. The number of aromatic nitrogens is 1. The van der Waals surface area contributed by atoms with Crippen molar-refractivity contribution >= 4 is 122 Å². The van der Waals surface area contributed by atoms with Crippen LogP contribution in [0.15, 0.2) is 59.6 Å². The van der Waals surface area contributed by atoms with E-state index in [1.807, 2.05) is 0 Å². The normalized spacial score (nSPS) is 23.6. The van der Waals surface area contributed by atoms with E-state index in [1.165, 1.54) is 51.4 Å². The summed E-state index contributed by atoms with van der Waals surface area (Å²) in [6, 6.07) is 1.34. The molecule has 1 saturated heterocycles. The van der Waals surface area contributed by atoms with Gasteiger partial charge in [-0.2, -0.15) is 0 Å². The number of aliphatic hydroxyl groups excluding tert-OH is 3. The number of H-pyrrole nitrogens is 1. The molecule has 6 aliphatic heterocycles. The molecule has 2 unspecified atom stereocenters. The number of benzene rings is 2. The lowest BCUT2D eigenvalue weighted by atomic mass is 9.83. The molecule has 38 heteroatoms. The molecule has 6 aliphatic rings. The zero-order chi connectivity index (χ0) is 85.2. The molecular formula is C78H106N14O23S. The van der Waals surface area contributed by atoms with Crippen LogP contribution >= 0.6 is 0 Å². The van der Waals surface area contributed by atoms with Gasteiger partial charge >= 0.3 is 12.1 Å². The first kappa shape index (κ1) is 90.7. The summed E-state index contributed by atoms with van der Waals surface area (Å²) in [6.45, 7) is 3.87. The summed E-state index contributed by atoms with van der Waals surface area (Å²) in [6.07, 6.45) is -4.01. The zero-order valence-electron chi connectivity index (χ0n) is 66.0. The molecule has 1 fully saturated rings. The van der Waals surface area contributed by atoms with E-state index in [0.29, 0.717) is 36.8 Å². The molecule has 3 aromatic rings. The second kappa shape index (κ2) is 41.1. The van der Waals surface area contributed by atoms with Gasteiger partial charge in [0.1, 0.15) is 29.2 Å². The number of primary amides is 2. The van der Waals surface area contributed by atoms with Crippen LogP contribution in [0.3, 0.4) is 0 Å². The van der Waals surface area contributed by atoms with E-state index in [-0.39, 0.29) is 97.3 Å². The lowest BCUT2D eigenvalue weighted by molar-refractivity contribution is -0.167. The van der Waals surface area contributed by atoms with Crippen molar-refractivity contribution in [1.82, 2.24) is 61.8 Å². The van der Waals surface area contributed by atoms with Crippen molar-refractivity contribution in [3.63, 3.8) is 0 Å². The number of carbonyl (C=O) groups excluding carboxylic acids is 17. The highest BCUT2D eigenvalue weighted by Gasteiger charge is 2.63. The molecule has 0 aliphatic carbocycles. The number of imide groups is 1. The van der Waals surface area contributed by atoms with Gasteiger partial charge in [-0.15, -0.1) is 0 Å². The fourth-order valence-corrected chi connectivity index (χ4v) is 16.2. The Morgan fingerprint density at radius 3 is 2.11 bits per heavy atom. The Kier molecular flexibility index (Phi) is 32.1. The largest absolute Gasteiger partial charge is 0.465 e. The van der Waals surface area contributed by atoms with Crippen molar-refractivity contribution in [3.8, 4) is 5.75 Å². The summed E-state index contributed by atoms with van der Waals surface area (Å²) in [5, 5.41) is 51.6. The molecule has 8 bridgehead atoms. The molecule has 632 valence electrons. The predicted molar refractivity (Wildman–Crippen MR) is 413 cm³/mol. The Balaban J connectivity index is 1.07. The van der Waals surface area contributed by atoms with Gasteiger partial charge in [0.2, 0.25) is 41.4 Å². The topological polar surface area (TPSA) is 551 Å². The number of unbranched alkanes of at least 4 members (excludes halogenated alkanes) is 2. The van der Waals surface area contributed by atoms with E-state index in [2.05, 4.69) is 42.2 Å². The number of Topliss-reactive ketones (excluding diaryl/α,β-unsaturated/α-hetero) is 4. The summed E-state index contributed by atoms with van der Waals surface area (Å²) in [5.74, 6) is -20.7. The number of ketones is 4. The van der Waals surface area contributed by atoms with Gasteiger partial charge in [0.05, 0.1) is 84.1 Å². The van der Waals surface area contributed by atoms with Crippen molar-refractivity contribution in [2.75, 3.05) is 72.3 Å². The molecule has 37 nitrogen and oxygen atoms in total. The Morgan fingerprint density at radius 2 is 1.46 bits per heavy atom. The number of ether oxygens (including phenoxy) is 2. The lowest BCUT2D eigenvalue weighted by Crippen LogP contribution is -2.72. The summed E-state index contributed by atoms with van der Waals surface area (Å²) in [4.78, 5) is 246. The van der Waals surface area contributed by atoms with Crippen molar-refractivity contribution < 1.29 is 111 Å². The summed E-state index contributed by atoms with van der Waals surface area (Å²) < 4.78 is 27.8. The van der Waals surface area contributed by atoms with Crippen LogP contribution in [0.25, 0.3) is 10.9 Å². The summed E-state index contributed by atoms with van der Waals surface area (Å²) in [7, 11) is 0.0254. The fourth-order valence-electron chi connectivity index (χ4n) is 14.8. The summed E-state index contributed by atoms with van der Waals surface area (Å²) >= 11 is 0. The minimum atomic E-state index is -3.25. The monoisotopic (exact) mass is 1640 g/mol. The Labute approximate surface area is 671 Å². The van der Waals surface area contributed by atoms with Gasteiger partial charge in [-0.05, 0) is 72.8 Å². The van der Waals surface area contributed by atoms with E-state index < -0.39 is 254 Å². The van der Waals surface area contributed by atoms with E-state index in [1.54, 1.807) is 52.0 Å². The molecular weight excluding hydrogens is 1530 g/mol. The maximum absolute atomic E-state index is 16.4. The van der Waals surface area contributed by atoms with Gasteiger partial charge in [0.25, 0.3) is 29.2 Å². The number of urea groups is 1. The molecule has 0 saturated carbocycles. The van der Waals surface area contributed by atoms with E-state index in [9.17, 15) is 72.9 Å². The number of likely N-dealkylation sites (N-methyl/N-ethyl adjacent to an activating group) is 2. The van der Waals surface area contributed by atoms with E-state index in [4.69, 9.17) is 20.9 Å². The van der Waals surface area contributed by atoms with Crippen LogP contribution < -0.4 is 53.4 Å². The van der Waals surface area contributed by atoms with Crippen molar-refractivity contribution in [2.45, 2.75) is 184 Å². The van der Waals surface area contributed by atoms with Crippen LogP contribution in [0.5, 0.6) is 5.75 Å². The molecule has 15 N–H and O–H groups in total. The number of amides is 14. The zero-order valence-corrected chi connectivity index (χ0v) is 66.8. The minimum Gasteiger partial charge on any atom is -0.465 e. The highest BCUT2D eigenvalue weighted by Crippen LogP contribution is 2.40. The lowest BCUT2D eigenvalue weighted by Gasteiger charge is -2.43. The molecule has 0 radical (unpaired) electrons. The van der Waals surface area contributed by atoms with E-state index in [0.717, 1.165) is 19.6 Å². The maximum atomic E-state index is 16.4. The number of nitrogens with one attached hydrogen (secondary N) is 8. The highest BCUT2D eigenvalue weighted by molar-refractivity contribution is 7.85. The second-order valence-corrected chi connectivity index (χ2v) is 32.2. The smallest absolute Gasteiger partial charge is 0.409 e. The molecule has 0 spiro atoms. The maximum Gasteiger partial charge on any atom is 0.409 e. The van der Waals surface area contributed by atoms with Gasteiger partial charge in [-0.1, -0.05) is 71.7 Å². The van der Waals surface area contributed by atoms with Crippen LogP contribution in [0.2, 0.25) is 0 Å². The number of aliphatic hydroxyl groups is 3. The van der Waals surface area contributed by atoms with Crippen LogP contribution in [-0.2, 0) is 107 Å². The average molecular weight is 1640 g/mol. The Hall–Kier alpha value is -10.9. The van der Waals surface area contributed by atoms with Crippen LogP contribution in [-0.4, -0.2) is 265 Å².